The quantitative estimate of drug-likeness (QED) is 0.174. The summed E-state index contributed by atoms with van der Waals surface area (Å²) < 4.78 is 10.7. The largest absolute Gasteiger partial charge is 0.497 e. The third-order valence-corrected chi connectivity index (χ3v) is 6.42. The highest BCUT2D eigenvalue weighted by Crippen LogP contribution is 2.30. The maximum Gasteiger partial charge on any atom is 0.159 e. The predicted molar refractivity (Wildman–Crippen MR) is 153 cm³/mol. The summed E-state index contributed by atoms with van der Waals surface area (Å²) in [6.45, 7) is 3.13. The second kappa shape index (κ2) is 12.0. The molecule has 38 heavy (non-hydrogen) atoms. The molecule has 0 heterocycles. The normalized spacial score (nSPS) is 11.7. The van der Waals surface area contributed by atoms with Crippen molar-refractivity contribution in [2.24, 2.45) is 0 Å². The molecule has 4 rings (SSSR count). The lowest BCUT2D eigenvalue weighted by molar-refractivity contribution is 0.100. The maximum atomic E-state index is 11.8. The number of hydrogen-bond acceptors (Lipinski definition) is 4. The van der Waals surface area contributed by atoms with Gasteiger partial charge in [-0.05, 0) is 71.5 Å². The van der Waals surface area contributed by atoms with Crippen molar-refractivity contribution in [1.29, 1.82) is 0 Å². The van der Waals surface area contributed by atoms with Gasteiger partial charge in [0.25, 0.3) is 0 Å². The fraction of sp³-hybridized carbons (Fsp3) is 0.118. The fourth-order valence-electron chi connectivity index (χ4n) is 4.20. The van der Waals surface area contributed by atoms with E-state index in [1.807, 2.05) is 97.1 Å². The minimum absolute atomic E-state index is 0.0298. The van der Waals surface area contributed by atoms with E-state index in [2.05, 4.69) is 12.2 Å². The molecule has 0 atom stereocenters. The predicted octanol–water partition coefficient (Wildman–Crippen LogP) is 7.67. The van der Waals surface area contributed by atoms with Crippen molar-refractivity contribution in [2.75, 3.05) is 14.2 Å². The zero-order valence-corrected chi connectivity index (χ0v) is 22.0. The van der Waals surface area contributed by atoms with Gasteiger partial charge >= 0.3 is 0 Å². The second-order valence-electron chi connectivity index (χ2n) is 8.88. The monoisotopic (exact) mass is 502 g/mol. The van der Waals surface area contributed by atoms with Crippen LogP contribution in [0, 0.1) is 0 Å². The Balaban J connectivity index is 1.87. The van der Waals surface area contributed by atoms with E-state index in [-0.39, 0.29) is 11.6 Å². The smallest absolute Gasteiger partial charge is 0.159 e. The molecular formula is C34H30O4. The summed E-state index contributed by atoms with van der Waals surface area (Å²) >= 11 is 0. The molecule has 0 saturated heterocycles. The summed E-state index contributed by atoms with van der Waals surface area (Å²) in [5.74, 6) is 1.62. The van der Waals surface area contributed by atoms with E-state index in [0.29, 0.717) is 11.1 Å². The van der Waals surface area contributed by atoms with Gasteiger partial charge in [-0.25, -0.2) is 0 Å². The molecule has 4 nitrogen and oxygen atoms in total. The first-order chi connectivity index (χ1) is 18.4. The van der Waals surface area contributed by atoms with E-state index in [1.54, 1.807) is 28.1 Å². The van der Waals surface area contributed by atoms with Crippen molar-refractivity contribution >= 4 is 22.7 Å². The lowest BCUT2D eigenvalue weighted by Crippen LogP contribution is -1.95. The number of methoxy groups -OCH3 is 2. The zero-order chi connectivity index (χ0) is 27.1. The Morgan fingerprint density at radius 3 is 0.921 bits per heavy atom. The topological polar surface area (TPSA) is 52.6 Å². The average molecular weight is 503 g/mol. The standard InChI is InChI=1S/C34H30O4/c1-23(35)25-5-9-27(10-6-25)33(29-13-17-31(37-3)18-14-29)21-22-34(30-15-19-32(38-4)20-16-30)28-11-7-26(8-12-28)24(2)36/h5-22H,1-4H3/b33-21-,34-22-. The van der Waals surface area contributed by atoms with Gasteiger partial charge in [-0.3, -0.25) is 9.59 Å². The highest BCUT2D eigenvalue weighted by atomic mass is 16.5. The molecule has 190 valence electrons. The minimum Gasteiger partial charge on any atom is -0.497 e. The Hall–Kier alpha value is -4.70. The van der Waals surface area contributed by atoms with E-state index in [9.17, 15) is 9.59 Å². The molecule has 0 N–H and O–H groups in total. The van der Waals surface area contributed by atoms with Crippen LogP contribution in [0.5, 0.6) is 11.5 Å². The van der Waals surface area contributed by atoms with Crippen LogP contribution in [0.1, 0.15) is 56.8 Å². The van der Waals surface area contributed by atoms with Gasteiger partial charge in [0.05, 0.1) is 14.2 Å². The van der Waals surface area contributed by atoms with Gasteiger partial charge < -0.3 is 9.47 Å². The van der Waals surface area contributed by atoms with Crippen molar-refractivity contribution in [3.63, 3.8) is 0 Å². The van der Waals surface area contributed by atoms with Crippen molar-refractivity contribution < 1.29 is 19.1 Å². The molecule has 0 unspecified atom stereocenters. The van der Waals surface area contributed by atoms with Gasteiger partial charge in [-0.15, -0.1) is 0 Å². The van der Waals surface area contributed by atoms with Crippen LogP contribution in [0.25, 0.3) is 11.1 Å². The Bertz CT molecular complexity index is 1360. The summed E-state index contributed by atoms with van der Waals surface area (Å²) in [7, 11) is 3.29. The molecule has 0 aliphatic heterocycles. The maximum absolute atomic E-state index is 11.8. The Morgan fingerprint density at radius 1 is 0.447 bits per heavy atom. The van der Waals surface area contributed by atoms with Gasteiger partial charge in [0.15, 0.2) is 11.6 Å². The van der Waals surface area contributed by atoms with Crippen LogP contribution in [0.2, 0.25) is 0 Å². The summed E-state index contributed by atoms with van der Waals surface area (Å²) in [6, 6.07) is 31.1. The lowest BCUT2D eigenvalue weighted by Gasteiger charge is -2.12. The molecular weight excluding hydrogens is 472 g/mol. The van der Waals surface area contributed by atoms with Crippen LogP contribution in [-0.4, -0.2) is 25.8 Å². The third kappa shape index (κ3) is 6.16. The highest BCUT2D eigenvalue weighted by Gasteiger charge is 2.10. The molecule has 0 spiro atoms. The van der Waals surface area contributed by atoms with E-state index < -0.39 is 0 Å². The molecule has 0 amide bonds. The first kappa shape index (κ1) is 26.4. The Labute approximate surface area is 223 Å². The molecule has 4 heteroatoms. The van der Waals surface area contributed by atoms with Crippen LogP contribution >= 0.6 is 0 Å². The first-order valence-electron chi connectivity index (χ1n) is 12.3. The summed E-state index contributed by atoms with van der Waals surface area (Å²) in [4.78, 5) is 23.7. The van der Waals surface area contributed by atoms with E-state index in [4.69, 9.17) is 9.47 Å². The van der Waals surface area contributed by atoms with Gasteiger partial charge in [-0.1, -0.05) is 84.9 Å². The number of benzene rings is 4. The van der Waals surface area contributed by atoms with Crippen LogP contribution in [-0.2, 0) is 0 Å². The third-order valence-electron chi connectivity index (χ3n) is 6.42. The number of carbonyl (C=O) groups is 2. The molecule has 0 aliphatic rings. The number of Topliss-reactive ketones (excluding diaryl/α,β-unsaturated/α-hetero) is 2. The number of ketones is 2. The highest BCUT2D eigenvalue weighted by molar-refractivity contribution is 5.95. The van der Waals surface area contributed by atoms with E-state index in [1.165, 1.54) is 0 Å². The first-order valence-corrected chi connectivity index (χ1v) is 12.3. The number of ether oxygens (including phenoxy) is 2. The summed E-state index contributed by atoms with van der Waals surface area (Å²) in [5.41, 5.74) is 7.32. The van der Waals surface area contributed by atoms with E-state index in [0.717, 1.165) is 44.9 Å². The van der Waals surface area contributed by atoms with Gasteiger partial charge in [0.2, 0.25) is 0 Å². The van der Waals surface area contributed by atoms with Crippen LogP contribution in [0.15, 0.2) is 109 Å². The second-order valence-corrected chi connectivity index (χ2v) is 8.88. The molecule has 4 aromatic rings. The van der Waals surface area contributed by atoms with Crippen LogP contribution in [0.4, 0.5) is 0 Å². The number of rotatable bonds is 9. The van der Waals surface area contributed by atoms with Gasteiger partial charge in [0.1, 0.15) is 11.5 Å². The minimum atomic E-state index is 0.0298. The van der Waals surface area contributed by atoms with Crippen molar-refractivity contribution in [3.8, 4) is 11.5 Å². The van der Waals surface area contributed by atoms with Crippen molar-refractivity contribution in [2.45, 2.75) is 13.8 Å². The Morgan fingerprint density at radius 2 is 0.684 bits per heavy atom. The average Bonchev–Trinajstić information content (AvgIpc) is 2.96. The summed E-state index contributed by atoms with van der Waals surface area (Å²) in [5, 5.41) is 0. The zero-order valence-electron chi connectivity index (χ0n) is 22.0. The molecule has 0 aliphatic carbocycles. The number of hydrogen-bond donors (Lipinski definition) is 0. The molecule has 0 fully saturated rings. The van der Waals surface area contributed by atoms with Gasteiger partial charge in [-0.2, -0.15) is 0 Å². The Kier molecular flexibility index (Phi) is 8.34. The fourth-order valence-corrected chi connectivity index (χ4v) is 4.20. The SMILES string of the molecule is COc1ccc(/C(=C\C=C(/c2ccc(OC)cc2)c2ccc(C(C)=O)cc2)c2ccc(C(C)=O)cc2)cc1. The van der Waals surface area contributed by atoms with Gasteiger partial charge in [0, 0.05) is 11.1 Å². The van der Waals surface area contributed by atoms with Crippen molar-refractivity contribution in [3.05, 3.63) is 143 Å². The molecule has 0 radical (unpaired) electrons. The number of carbonyl (C=O) groups excluding carboxylic acids is 2. The molecule has 0 bridgehead atoms. The molecule has 0 saturated carbocycles. The summed E-state index contributed by atoms with van der Waals surface area (Å²) in [6.07, 6.45) is 4.17. The van der Waals surface area contributed by atoms with Crippen LogP contribution in [0.3, 0.4) is 0 Å². The van der Waals surface area contributed by atoms with Crippen molar-refractivity contribution in [1.82, 2.24) is 0 Å². The van der Waals surface area contributed by atoms with E-state index >= 15 is 0 Å². The van der Waals surface area contributed by atoms with Crippen LogP contribution < -0.4 is 9.47 Å². The lowest BCUT2D eigenvalue weighted by atomic mass is 9.93. The molecule has 4 aromatic carbocycles. The molecule has 0 aromatic heterocycles. The number of allylic oxidation sites excluding steroid dienone is 2.